The SMILES string of the molecule is COc1ccc(NC(=O)c2cnccn2)cc1OCC(=O)NC1CC1. The molecular weight excluding hydrogens is 324 g/mol. The van der Waals surface area contributed by atoms with Crippen molar-refractivity contribution in [3.8, 4) is 11.5 Å². The summed E-state index contributed by atoms with van der Waals surface area (Å²) in [7, 11) is 1.50. The number of hydrogen-bond donors (Lipinski definition) is 2. The Morgan fingerprint density at radius 2 is 2.08 bits per heavy atom. The first-order chi connectivity index (χ1) is 12.2. The van der Waals surface area contributed by atoms with E-state index in [1.54, 1.807) is 18.2 Å². The third-order valence-electron chi connectivity index (χ3n) is 3.52. The van der Waals surface area contributed by atoms with Crippen LogP contribution in [-0.4, -0.2) is 41.5 Å². The van der Waals surface area contributed by atoms with Gasteiger partial charge in [0.2, 0.25) is 0 Å². The van der Waals surface area contributed by atoms with Gasteiger partial charge in [-0.2, -0.15) is 0 Å². The van der Waals surface area contributed by atoms with Gasteiger partial charge in [-0.1, -0.05) is 0 Å². The maximum Gasteiger partial charge on any atom is 0.275 e. The molecule has 0 spiro atoms. The summed E-state index contributed by atoms with van der Waals surface area (Å²) in [4.78, 5) is 31.7. The molecule has 8 nitrogen and oxygen atoms in total. The van der Waals surface area contributed by atoms with E-state index in [2.05, 4.69) is 20.6 Å². The van der Waals surface area contributed by atoms with Gasteiger partial charge in [0, 0.05) is 30.2 Å². The van der Waals surface area contributed by atoms with Crippen LogP contribution in [0.4, 0.5) is 5.69 Å². The fourth-order valence-corrected chi connectivity index (χ4v) is 2.12. The van der Waals surface area contributed by atoms with E-state index in [9.17, 15) is 9.59 Å². The zero-order chi connectivity index (χ0) is 17.6. The third-order valence-corrected chi connectivity index (χ3v) is 3.52. The summed E-state index contributed by atoms with van der Waals surface area (Å²) in [5.41, 5.74) is 0.693. The molecule has 130 valence electrons. The Bertz CT molecular complexity index is 762. The van der Waals surface area contributed by atoms with Crippen molar-refractivity contribution < 1.29 is 19.1 Å². The average molecular weight is 342 g/mol. The van der Waals surface area contributed by atoms with Gasteiger partial charge in [-0.3, -0.25) is 14.6 Å². The van der Waals surface area contributed by atoms with Crippen LogP contribution in [0.15, 0.2) is 36.8 Å². The van der Waals surface area contributed by atoms with Crippen molar-refractivity contribution in [3.63, 3.8) is 0 Å². The summed E-state index contributed by atoms with van der Waals surface area (Å²) in [5.74, 6) is 0.261. The predicted octanol–water partition coefficient (Wildman–Crippen LogP) is 1.39. The minimum absolute atomic E-state index is 0.117. The molecule has 1 aliphatic rings. The molecule has 2 aromatic rings. The highest BCUT2D eigenvalue weighted by Crippen LogP contribution is 2.30. The van der Waals surface area contributed by atoms with Crippen LogP contribution < -0.4 is 20.1 Å². The zero-order valence-electron chi connectivity index (χ0n) is 13.7. The Balaban J connectivity index is 1.66. The van der Waals surface area contributed by atoms with Crippen LogP contribution >= 0.6 is 0 Å². The van der Waals surface area contributed by atoms with Crippen LogP contribution in [0.3, 0.4) is 0 Å². The first-order valence-corrected chi connectivity index (χ1v) is 7.83. The molecule has 0 aliphatic heterocycles. The lowest BCUT2D eigenvalue weighted by atomic mass is 10.2. The maximum absolute atomic E-state index is 12.1. The Morgan fingerprint density at radius 1 is 1.24 bits per heavy atom. The van der Waals surface area contributed by atoms with E-state index < -0.39 is 5.91 Å². The highest BCUT2D eigenvalue weighted by molar-refractivity contribution is 6.02. The predicted molar refractivity (Wildman–Crippen MR) is 89.6 cm³/mol. The Hall–Kier alpha value is -3.16. The minimum atomic E-state index is -0.393. The van der Waals surface area contributed by atoms with Crippen LogP contribution in [0.5, 0.6) is 11.5 Å². The third kappa shape index (κ3) is 4.66. The molecule has 1 fully saturated rings. The van der Waals surface area contributed by atoms with E-state index in [-0.39, 0.29) is 24.2 Å². The summed E-state index contributed by atoms with van der Waals surface area (Å²) in [6.45, 7) is -0.117. The minimum Gasteiger partial charge on any atom is -0.493 e. The quantitative estimate of drug-likeness (QED) is 0.788. The highest BCUT2D eigenvalue weighted by Gasteiger charge is 2.23. The molecule has 1 heterocycles. The second-order valence-electron chi connectivity index (χ2n) is 5.54. The first-order valence-electron chi connectivity index (χ1n) is 7.83. The number of ether oxygens (including phenoxy) is 2. The van der Waals surface area contributed by atoms with Crippen molar-refractivity contribution in [1.29, 1.82) is 0 Å². The molecule has 2 amide bonds. The Labute approximate surface area is 144 Å². The highest BCUT2D eigenvalue weighted by atomic mass is 16.5. The van der Waals surface area contributed by atoms with Gasteiger partial charge in [0.1, 0.15) is 5.69 Å². The number of nitrogens with zero attached hydrogens (tertiary/aromatic N) is 2. The molecule has 1 aromatic heterocycles. The van der Waals surface area contributed by atoms with Crippen LogP contribution in [0.2, 0.25) is 0 Å². The fraction of sp³-hybridized carbons (Fsp3) is 0.294. The number of hydrogen-bond acceptors (Lipinski definition) is 6. The Morgan fingerprint density at radius 3 is 2.76 bits per heavy atom. The van der Waals surface area contributed by atoms with Gasteiger partial charge in [0.15, 0.2) is 18.1 Å². The van der Waals surface area contributed by atoms with Gasteiger partial charge in [-0.15, -0.1) is 0 Å². The molecule has 1 aliphatic carbocycles. The summed E-state index contributed by atoms with van der Waals surface area (Å²) < 4.78 is 10.8. The molecule has 8 heteroatoms. The lowest BCUT2D eigenvalue weighted by Crippen LogP contribution is -2.30. The van der Waals surface area contributed by atoms with Gasteiger partial charge < -0.3 is 20.1 Å². The smallest absolute Gasteiger partial charge is 0.275 e. The maximum atomic E-state index is 12.1. The van der Waals surface area contributed by atoms with Crippen molar-refractivity contribution in [2.45, 2.75) is 18.9 Å². The molecule has 0 bridgehead atoms. The van der Waals surface area contributed by atoms with Crippen molar-refractivity contribution in [3.05, 3.63) is 42.5 Å². The average Bonchev–Trinajstić information content (AvgIpc) is 3.45. The van der Waals surface area contributed by atoms with Gasteiger partial charge in [0.05, 0.1) is 13.3 Å². The van der Waals surface area contributed by atoms with E-state index in [1.165, 1.54) is 25.7 Å². The monoisotopic (exact) mass is 342 g/mol. The molecule has 1 aromatic carbocycles. The van der Waals surface area contributed by atoms with E-state index in [0.29, 0.717) is 17.2 Å². The number of aromatic nitrogens is 2. The number of carbonyl (C=O) groups excluding carboxylic acids is 2. The molecule has 0 saturated heterocycles. The molecular formula is C17H18N4O4. The van der Waals surface area contributed by atoms with Crippen molar-refractivity contribution in [1.82, 2.24) is 15.3 Å². The summed E-state index contributed by atoms with van der Waals surface area (Å²) >= 11 is 0. The van der Waals surface area contributed by atoms with Crippen LogP contribution in [-0.2, 0) is 4.79 Å². The second-order valence-corrected chi connectivity index (χ2v) is 5.54. The van der Waals surface area contributed by atoms with E-state index in [1.807, 2.05) is 0 Å². The number of benzene rings is 1. The number of anilines is 1. The van der Waals surface area contributed by atoms with Crippen LogP contribution in [0.25, 0.3) is 0 Å². The molecule has 2 N–H and O–H groups in total. The summed E-state index contributed by atoms with van der Waals surface area (Å²) in [5, 5.41) is 5.54. The molecule has 0 atom stereocenters. The van der Waals surface area contributed by atoms with E-state index in [0.717, 1.165) is 12.8 Å². The van der Waals surface area contributed by atoms with Gasteiger partial charge in [-0.05, 0) is 25.0 Å². The molecule has 0 unspecified atom stereocenters. The molecule has 3 rings (SSSR count). The molecule has 0 radical (unpaired) electrons. The number of carbonyl (C=O) groups is 2. The Kier molecular flexibility index (Phi) is 5.08. The molecule has 25 heavy (non-hydrogen) atoms. The lowest BCUT2D eigenvalue weighted by Gasteiger charge is -2.13. The van der Waals surface area contributed by atoms with Crippen LogP contribution in [0, 0.1) is 0 Å². The van der Waals surface area contributed by atoms with E-state index >= 15 is 0 Å². The second kappa shape index (κ2) is 7.61. The molecule has 1 saturated carbocycles. The zero-order valence-corrected chi connectivity index (χ0v) is 13.7. The standard InChI is InChI=1S/C17H18N4O4/c1-24-14-5-4-12(21-17(23)13-9-18-6-7-19-13)8-15(14)25-10-16(22)20-11-2-3-11/h4-9,11H,2-3,10H2,1H3,(H,20,22)(H,21,23). The summed E-state index contributed by atoms with van der Waals surface area (Å²) in [6, 6.07) is 5.19. The van der Waals surface area contributed by atoms with Crippen molar-refractivity contribution in [2.75, 3.05) is 19.0 Å². The van der Waals surface area contributed by atoms with E-state index in [4.69, 9.17) is 9.47 Å². The summed E-state index contributed by atoms with van der Waals surface area (Å²) in [6.07, 6.45) is 6.33. The van der Waals surface area contributed by atoms with Crippen LogP contribution in [0.1, 0.15) is 23.3 Å². The van der Waals surface area contributed by atoms with Crippen molar-refractivity contribution in [2.24, 2.45) is 0 Å². The van der Waals surface area contributed by atoms with Gasteiger partial charge >= 0.3 is 0 Å². The number of methoxy groups -OCH3 is 1. The normalized spacial score (nSPS) is 13.0. The number of amides is 2. The number of nitrogens with one attached hydrogen (secondary N) is 2. The fourth-order valence-electron chi connectivity index (χ4n) is 2.12. The lowest BCUT2D eigenvalue weighted by molar-refractivity contribution is -0.123. The largest absolute Gasteiger partial charge is 0.493 e. The van der Waals surface area contributed by atoms with Gasteiger partial charge in [-0.25, -0.2) is 4.98 Å². The van der Waals surface area contributed by atoms with Gasteiger partial charge in [0.25, 0.3) is 11.8 Å². The number of rotatable bonds is 7. The van der Waals surface area contributed by atoms with Crippen molar-refractivity contribution >= 4 is 17.5 Å². The first kappa shape index (κ1) is 16.7. The topological polar surface area (TPSA) is 102 Å².